The first-order chi connectivity index (χ1) is 13.2. The predicted molar refractivity (Wildman–Crippen MR) is 106 cm³/mol. The van der Waals surface area contributed by atoms with Crippen molar-refractivity contribution < 1.29 is 4.79 Å². The quantitative estimate of drug-likeness (QED) is 0.718. The molecule has 2 heterocycles. The highest BCUT2D eigenvalue weighted by Gasteiger charge is 2.22. The molecular formula is C22H23N3O2. The molecule has 0 bridgehead atoms. The molecule has 0 radical (unpaired) electrons. The van der Waals surface area contributed by atoms with Crippen LogP contribution in [0.15, 0.2) is 59.4 Å². The number of carbonyl (C=O) groups excluding carboxylic acids is 1. The highest BCUT2D eigenvalue weighted by atomic mass is 16.2. The van der Waals surface area contributed by atoms with Crippen LogP contribution in [-0.4, -0.2) is 33.7 Å². The van der Waals surface area contributed by atoms with Gasteiger partial charge in [0.05, 0.1) is 11.9 Å². The van der Waals surface area contributed by atoms with Gasteiger partial charge in [0.2, 0.25) is 0 Å². The summed E-state index contributed by atoms with van der Waals surface area (Å²) in [7, 11) is 0. The van der Waals surface area contributed by atoms with Crippen molar-refractivity contribution in [1.82, 2.24) is 14.7 Å². The van der Waals surface area contributed by atoms with E-state index in [1.54, 1.807) is 6.07 Å². The van der Waals surface area contributed by atoms with E-state index >= 15 is 0 Å². The monoisotopic (exact) mass is 361 g/mol. The van der Waals surface area contributed by atoms with Gasteiger partial charge in [0.15, 0.2) is 5.69 Å². The van der Waals surface area contributed by atoms with Gasteiger partial charge >= 0.3 is 0 Å². The molecule has 1 fully saturated rings. The van der Waals surface area contributed by atoms with E-state index in [2.05, 4.69) is 5.10 Å². The van der Waals surface area contributed by atoms with E-state index in [-0.39, 0.29) is 11.5 Å². The van der Waals surface area contributed by atoms with Gasteiger partial charge in [-0.2, -0.15) is 5.10 Å². The van der Waals surface area contributed by atoms with Gasteiger partial charge in [0.1, 0.15) is 0 Å². The average Bonchev–Trinajstić information content (AvgIpc) is 3.00. The fourth-order valence-corrected chi connectivity index (χ4v) is 3.68. The van der Waals surface area contributed by atoms with Crippen molar-refractivity contribution in [1.29, 1.82) is 0 Å². The van der Waals surface area contributed by atoms with Crippen molar-refractivity contribution in [2.45, 2.75) is 32.2 Å². The molecule has 0 unspecified atom stereocenters. The van der Waals surface area contributed by atoms with Crippen LogP contribution < -0.4 is 5.56 Å². The third-order valence-electron chi connectivity index (χ3n) is 5.14. The number of amides is 1. The summed E-state index contributed by atoms with van der Waals surface area (Å²) in [6, 6.07) is 17.0. The SMILES string of the molecule is O=C(c1nn(Cc2ccccc2)c(=O)c2ccccc12)N1CCCCCC1. The summed E-state index contributed by atoms with van der Waals surface area (Å²) in [6.07, 6.45) is 4.36. The van der Waals surface area contributed by atoms with Crippen molar-refractivity contribution >= 4 is 16.7 Å². The molecule has 4 rings (SSSR count). The van der Waals surface area contributed by atoms with Crippen LogP contribution in [0.25, 0.3) is 10.8 Å². The van der Waals surface area contributed by atoms with Gasteiger partial charge in [-0.1, -0.05) is 61.4 Å². The molecule has 0 saturated carbocycles. The Kier molecular flexibility index (Phi) is 5.01. The fourth-order valence-electron chi connectivity index (χ4n) is 3.68. The molecule has 1 saturated heterocycles. The molecule has 1 aliphatic heterocycles. The molecule has 0 atom stereocenters. The number of hydrogen-bond donors (Lipinski definition) is 0. The van der Waals surface area contributed by atoms with Gasteiger partial charge < -0.3 is 4.90 Å². The van der Waals surface area contributed by atoms with Gasteiger partial charge in [-0.05, 0) is 24.5 Å². The molecule has 5 heteroatoms. The second-order valence-electron chi connectivity index (χ2n) is 7.05. The first kappa shape index (κ1) is 17.5. The summed E-state index contributed by atoms with van der Waals surface area (Å²) in [6.45, 7) is 1.87. The fraction of sp³-hybridized carbons (Fsp3) is 0.318. The number of carbonyl (C=O) groups is 1. The van der Waals surface area contributed by atoms with Crippen molar-refractivity contribution in [3.05, 3.63) is 76.2 Å². The van der Waals surface area contributed by atoms with E-state index in [0.717, 1.165) is 44.3 Å². The summed E-state index contributed by atoms with van der Waals surface area (Å²) in [5, 5.41) is 5.70. The maximum Gasteiger partial charge on any atom is 0.274 e. The Balaban J connectivity index is 1.80. The van der Waals surface area contributed by atoms with Gasteiger partial charge in [0.25, 0.3) is 11.5 Å². The van der Waals surface area contributed by atoms with Crippen LogP contribution in [0.5, 0.6) is 0 Å². The second-order valence-corrected chi connectivity index (χ2v) is 7.05. The van der Waals surface area contributed by atoms with Crippen LogP contribution in [0.2, 0.25) is 0 Å². The third kappa shape index (κ3) is 3.63. The van der Waals surface area contributed by atoms with Crippen molar-refractivity contribution in [2.24, 2.45) is 0 Å². The van der Waals surface area contributed by atoms with E-state index in [9.17, 15) is 9.59 Å². The zero-order chi connectivity index (χ0) is 18.6. The molecule has 0 spiro atoms. The number of aromatic nitrogens is 2. The maximum atomic E-state index is 13.2. The Hall–Kier alpha value is -2.95. The van der Waals surface area contributed by atoms with Crippen LogP contribution in [0, 0.1) is 0 Å². The largest absolute Gasteiger partial charge is 0.337 e. The van der Waals surface area contributed by atoms with Gasteiger partial charge in [-0.25, -0.2) is 4.68 Å². The number of benzene rings is 2. The average molecular weight is 361 g/mol. The molecule has 2 aromatic carbocycles. The van der Waals surface area contributed by atoms with Crippen molar-refractivity contribution in [2.75, 3.05) is 13.1 Å². The topological polar surface area (TPSA) is 55.2 Å². The molecule has 0 aliphatic carbocycles. The normalized spacial score (nSPS) is 14.9. The maximum absolute atomic E-state index is 13.2. The Morgan fingerprint density at radius 1 is 0.852 bits per heavy atom. The van der Waals surface area contributed by atoms with Crippen LogP contribution in [0.1, 0.15) is 41.7 Å². The summed E-state index contributed by atoms with van der Waals surface area (Å²) in [5.74, 6) is -0.0742. The minimum absolute atomic E-state index is 0.0742. The third-order valence-corrected chi connectivity index (χ3v) is 5.14. The van der Waals surface area contributed by atoms with E-state index in [4.69, 9.17) is 0 Å². The van der Waals surface area contributed by atoms with Crippen molar-refractivity contribution in [3.63, 3.8) is 0 Å². The highest BCUT2D eigenvalue weighted by Crippen LogP contribution is 2.18. The number of likely N-dealkylation sites (tertiary alicyclic amines) is 1. The molecule has 5 nitrogen and oxygen atoms in total. The number of hydrogen-bond acceptors (Lipinski definition) is 3. The lowest BCUT2D eigenvalue weighted by Crippen LogP contribution is -2.35. The number of fused-ring (bicyclic) bond motifs is 1. The standard InChI is InChI=1S/C22H23N3O2/c26-21-19-13-7-6-12-18(19)20(22(27)24-14-8-1-2-9-15-24)23-25(21)16-17-10-4-3-5-11-17/h3-7,10-13H,1-2,8-9,14-16H2. The molecule has 27 heavy (non-hydrogen) atoms. The molecule has 1 amide bonds. The zero-order valence-electron chi connectivity index (χ0n) is 15.3. The van der Waals surface area contributed by atoms with Crippen LogP contribution in [-0.2, 0) is 6.54 Å². The van der Waals surface area contributed by atoms with Crippen LogP contribution >= 0.6 is 0 Å². The van der Waals surface area contributed by atoms with Crippen LogP contribution in [0.3, 0.4) is 0 Å². The first-order valence-electron chi connectivity index (χ1n) is 9.57. The minimum atomic E-state index is -0.165. The number of rotatable bonds is 3. The summed E-state index contributed by atoms with van der Waals surface area (Å²) in [5.41, 5.74) is 1.19. The lowest BCUT2D eigenvalue weighted by Gasteiger charge is -2.21. The second kappa shape index (κ2) is 7.74. The molecule has 1 aliphatic rings. The Morgan fingerprint density at radius 2 is 1.48 bits per heavy atom. The van der Waals surface area contributed by atoms with Crippen molar-refractivity contribution in [3.8, 4) is 0 Å². The van der Waals surface area contributed by atoms with E-state index in [0.29, 0.717) is 23.0 Å². The smallest absolute Gasteiger partial charge is 0.274 e. The lowest BCUT2D eigenvalue weighted by atomic mass is 10.1. The Bertz CT molecular complexity index is 1000. The van der Waals surface area contributed by atoms with E-state index in [1.807, 2.05) is 53.4 Å². The molecule has 3 aromatic rings. The zero-order valence-corrected chi connectivity index (χ0v) is 15.3. The summed E-state index contributed by atoms with van der Waals surface area (Å²) < 4.78 is 1.42. The van der Waals surface area contributed by atoms with E-state index < -0.39 is 0 Å². The predicted octanol–water partition coefficient (Wildman–Crippen LogP) is 3.46. The van der Waals surface area contributed by atoms with Gasteiger partial charge in [0, 0.05) is 18.5 Å². The lowest BCUT2D eigenvalue weighted by molar-refractivity contribution is 0.0755. The molecule has 138 valence electrons. The van der Waals surface area contributed by atoms with E-state index in [1.165, 1.54) is 4.68 Å². The summed E-state index contributed by atoms with van der Waals surface area (Å²) in [4.78, 5) is 28.0. The van der Waals surface area contributed by atoms with Crippen LogP contribution in [0.4, 0.5) is 0 Å². The number of nitrogens with zero attached hydrogens (tertiary/aromatic N) is 3. The van der Waals surface area contributed by atoms with Gasteiger partial charge in [-0.3, -0.25) is 9.59 Å². The molecule has 1 aromatic heterocycles. The minimum Gasteiger partial charge on any atom is -0.337 e. The highest BCUT2D eigenvalue weighted by molar-refractivity contribution is 6.04. The molecular weight excluding hydrogens is 338 g/mol. The molecule has 0 N–H and O–H groups in total. The Morgan fingerprint density at radius 3 is 2.19 bits per heavy atom. The summed E-state index contributed by atoms with van der Waals surface area (Å²) >= 11 is 0. The first-order valence-corrected chi connectivity index (χ1v) is 9.57. The Labute approximate surface area is 158 Å². The van der Waals surface area contributed by atoms with Gasteiger partial charge in [-0.15, -0.1) is 0 Å².